The number of aryl methyl sites for hydroxylation is 3. The summed E-state index contributed by atoms with van der Waals surface area (Å²) in [6, 6.07) is 38.5. The van der Waals surface area contributed by atoms with E-state index in [1.54, 1.807) is 97.0 Å². The molecule has 26 nitrogen and oxygen atoms in total. The Bertz CT molecular complexity index is 4140. The van der Waals surface area contributed by atoms with Crippen LogP contribution < -0.4 is 48.4 Å². The van der Waals surface area contributed by atoms with Crippen molar-refractivity contribution in [3.63, 3.8) is 0 Å². The summed E-state index contributed by atoms with van der Waals surface area (Å²) in [5.74, 6) is -2.27. The summed E-state index contributed by atoms with van der Waals surface area (Å²) in [6.45, 7) is 16.5. The Kier molecular flexibility index (Phi) is 33.2. The van der Waals surface area contributed by atoms with Crippen molar-refractivity contribution in [2.45, 2.75) is 138 Å². The van der Waals surface area contributed by atoms with Crippen LogP contribution in [0.2, 0.25) is 5.02 Å². The van der Waals surface area contributed by atoms with Crippen LogP contribution in [0.4, 0.5) is 40.2 Å². The topological polar surface area (TPSA) is 345 Å². The van der Waals surface area contributed by atoms with Gasteiger partial charge in [0.25, 0.3) is 0 Å². The number of halogens is 3. The number of piperidine rings is 3. The van der Waals surface area contributed by atoms with Crippen LogP contribution in [0.25, 0.3) is 0 Å². The van der Waals surface area contributed by atoms with Gasteiger partial charge in [-0.1, -0.05) is 105 Å². The largest absolute Gasteiger partial charge is 0.448 e. The van der Waals surface area contributed by atoms with Crippen LogP contribution >= 0.6 is 11.6 Å². The Morgan fingerprint density at radius 3 is 1.33 bits per heavy atom. The van der Waals surface area contributed by atoms with Crippen molar-refractivity contribution in [3.8, 4) is 0 Å². The molecule has 3 aliphatic heterocycles. The fourth-order valence-electron chi connectivity index (χ4n) is 12.7. The highest BCUT2D eigenvalue weighted by atomic mass is 35.5. The first-order chi connectivity index (χ1) is 53.0. The molecule has 0 unspecified atom stereocenters. The minimum absolute atomic E-state index is 0.0557. The van der Waals surface area contributed by atoms with E-state index >= 15 is 0 Å². The zero-order valence-electron chi connectivity index (χ0n) is 64.5. The van der Waals surface area contributed by atoms with Gasteiger partial charge in [0, 0.05) is 75.3 Å². The first-order valence-electron chi connectivity index (χ1n) is 37.3. The highest BCUT2D eigenvalue weighted by molar-refractivity contribution is 6.31. The van der Waals surface area contributed by atoms with E-state index in [2.05, 4.69) is 38.8 Å². The quantitative estimate of drug-likeness (QED) is 0.0135. The zero-order chi connectivity index (χ0) is 80.9. The number of anilines is 3. The van der Waals surface area contributed by atoms with Gasteiger partial charge in [-0.25, -0.2) is 23.2 Å². The second kappa shape index (κ2) is 42.0. The summed E-state index contributed by atoms with van der Waals surface area (Å²) in [5.41, 5.74) is 16.0. The number of hydrogen-bond acceptors (Lipinski definition) is 16. The van der Waals surface area contributed by atoms with Gasteiger partial charge in [-0.2, -0.15) is 5.06 Å². The summed E-state index contributed by atoms with van der Waals surface area (Å²) in [6.07, 6.45) is 3.02. The lowest BCUT2D eigenvalue weighted by Crippen LogP contribution is -2.53. The van der Waals surface area contributed by atoms with Crippen molar-refractivity contribution in [1.29, 1.82) is 0 Å². The molecule has 29 heteroatoms. The lowest BCUT2D eigenvalue weighted by Gasteiger charge is -2.40. The van der Waals surface area contributed by atoms with Crippen LogP contribution in [0.3, 0.4) is 0 Å². The van der Waals surface area contributed by atoms with Crippen LogP contribution in [-0.2, 0) is 91.5 Å². The highest BCUT2D eigenvalue weighted by Crippen LogP contribution is 2.37. The van der Waals surface area contributed by atoms with E-state index in [-0.39, 0.29) is 120 Å². The fourth-order valence-corrected chi connectivity index (χ4v) is 12.9. The summed E-state index contributed by atoms with van der Waals surface area (Å²) >= 11 is 6.21. The molecule has 9 rings (SSSR count). The van der Waals surface area contributed by atoms with Crippen molar-refractivity contribution in [2.24, 2.45) is 27.7 Å². The number of carbonyl (C=O) groups is 10. The molecule has 3 saturated heterocycles. The number of amides is 10. The Hall–Kier alpha value is -10.6. The van der Waals surface area contributed by atoms with Crippen LogP contribution in [0.5, 0.6) is 0 Å². The monoisotopic (exact) mass is 1550 g/mol. The number of rotatable bonds is 27. The minimum Gasteiger partial charge on any atom is -0.448 e. The lowest BCUT2D eigenvalue weighted by atomic mass is 9.78. The Morgan fingerprint density at radius 1 is 0.505 bits per heavy atom. The van der Waals surface area contributed by atoms with Crippen LogP contribution in [0.15, 0.2) is 133 Å². The second-order valence-electron chi connectivity index (χ2n) is 28.7. The molecule has 0 spiro atoms. The van der Waals surface area contributed by atoms with E-state index in [0.717, 1.165) is 52.1 Å². The van der Waals surface area contributed by atoms with E-state index in [4.69, 9.17) is 42.1 Å². The first kappa shape index (κ1) is 87.7. The van der Waals surface area contributed by atoms with E-state index in [0.29, 0.717) is 104 Å². The normalized spacial score (nSPS) is 14.7. The zero-order valence-corrected chi connectivity index (χ0v) is 65.3. The third-order valence-electron chi connectivity index (χ3n) is 20.1. The molecule has 0 bridgehead atoms. The molecule has 0 saturated carbocycles. The summed E-state index contributed by atoms with van der Waals surface area (Å²) in [5, 5.41) is 18.3. The van der Waals surface area contributed by atoms with Crippen LogP contribution in [-0.4, -0.2) is 159 Å². The smallest absolute Gasteiger partial charge is 0.411 e. The number of carbonyl (C=O) groups excluding carboxylic acids is 10. The molecule has 598 valence electrons. The molecule has 3 fully saturated rings. The second-order valence-corrected chi connectivity index (χ2v) is 29.1. The van der Waals surface area contributed by atoms with Gasteiger partial charge in [0.2, 0.25) is 41.9 Å². The molecule has 0 radical (unpaired) electrons. The van der Waals surface area contributed by atoms with E-state index in [9.17, 15) is 56.7 Å². The van der Waals surface area contributed by atoms with Crippen molar-refractivity contribution in [2.75, 3.05) is 94.4 Å². The van der Waals surface area contributed by atoms with Gasteiger partial charge >= 0.3 is 18.3 Å². The Morgan fingerprint density at radius 2 is 0.910 bits per heavy atom. The Labute approximate surface area is 652 Å². The number of nitrogens with two attached hydrogens (primary N) is 2. The number of nitrogens with one attached hydrogen (secondary N) is 6. The number of alkyl carbamates (subject to hydrolysis) is 1. The van der Waals surface area contributed by atoms with E-state index in [1.807, 2.05) is 81.4 Å². The molecular formula is C82H105ClF2N12O14. The molecule has 10 N–H and O–H groups in total. The molecule has 111 heavy (non-hydrogen) atoms. The predicted molar refractivity (Wildman–Crippen MR) is 418 cm³/mol. The Balaban J connectivity index is 0.000000232. The number of hydrogen-bond donors (Lipinski definition) is 8. The SMILES string of the molecule is CCc1ccc(N(C=O)OCC2(C(=O)NCc3cccc(F)c3C)CCN(C(=O)CN)CC2)cc1.CCc1ccc(NC(=O)OCC2(C(=O)NCc3cccc(Cl)c3C)CCN(C(=O)CN)CC2)cc1.CCc1ccc(NC(=O)OCC2(C(=O)NCc3cccc(F)c3)CCN(C(=O)CNC(=O)OC(C)(C)C)CC2)cc1. The molecule has 3 heterocycles. The van der Waals surface area contributed by atoms with Crippen molar-refractivity contribution in [3.05, 3.63) is 195 Å². The molecule has 10 amide bonds. The molecule has 0 aliphatic carbocycles. The maximum atomic E-state index is 13.9. The third-order valence-corrected chi connectivity index (χ3v) is 20.5. The summed E-state index contributed by atoms with van der Waals surface area (Å²) < 4.78 is 43.7. The number of ether oxygens (including phenoxy) is 3. The number of nitrogens with zero attached hydrogens (tertiary/aromatic N) is 4. The molecule has 0 aromatic heterocycles. The molecular weight excluding hydrogens is 1450 g/mol. The van der Waals surface area contributed by atoms with Crippen LogP contribution in [0, 0.1) is 41.7 Å². The highest BCUT2D eigenvalue weighted by Gasteiger charge is 2.46. The molecule has 0 atom stereocenters. The standard InChI is InChI=1S/C30H39FN4O6.C26H33ClN4O4.C26H33FN4O4/c1-5-21-9-11-24(12-10-21)34-28(39)40-20-30(26(37)32-18-22-7-6-8-23(31)17-22)13-15-35(16-14-30)25(36)19-33-27(38)41-29(2,3)4;1-3-19-7-9-21(10-8-19)30-25(34)35-17-26(11-13-31(14-12-26)23(32)15-28)24(33)29-16-20-5-4-6-22(27)18(20)2;1-3-20-7-9-22(10-8-20)31(18-32)35-17-26(11-13-30(14-12-26)24(33)15-28)25(34)29-16-21-5-4-6-23(27)19(21)2/h6-12,17H,5,13-16,18-20H2,1-4H3,(H,32,37)(H,33,38)(H,34,39);4-10H,3,11-17,28H2,1-2H3,(H,29,33)(H,30,34);4-10,18H,3,11-17,28H2,1-2H3,(H,29,34). The summed E-state index contributed by atoms with van der Waals surface area (Å²) in [7, 11) is 0. The van der Waals surface area contributed by atoms with Gasteiger partial charge in [-0.05, 0) is 198 Å². The van der Waals surface area contributed by atoms with Gasteiger partial charge in [0.05, 0.1) is 41.6 Å². The van der Waals surface area contributed by atoms with Gasteiger partial charge in [0.15, 0.2) is 0 Å². The first-order valence-corrected chi connectivity index (χ1v) is 37.7. The van der Waals surface area contributed by atoms with E-state index < -0.39 is 45.9 Å². The van der Waals surface area contributed by atoms with Gasteiger partial charge in [0.1, 0.15) is 37.0 Å². The average Bonchev–Trinajstić information content (AvgIpc) is 0.804. The number of benzene rings is 6. The van der Waals surface area contributed by atoms with Crippen molar-refractivity contribution >= 4 is 88.8 Å². The van der Waals surface area contributed by atoms with Gasteiger partial charge < -0.3 is 61.6 Å². The number of hydroxylamine groups is 1. The third kappa shape index (κ3) is 26.0. The average molecular weight is 1560 g/mol. The fraction of sp³-hybridized carbons (Fsp3) is 0.439. The van der Waals surface area contributed by atoms with Crippen molar-refractivity contribution < 1.29 is 75.8 Å². The maximum Gasteiger partial charge on any atom is 0.411 e. The maximum absolute atomic E-state index is 13.9. The predicted octanol–water partition coefficient (Wildman–Crippen LogP) is 10.5. The minimum atomic E-state index is -1.11. The molecule has 6 aromatic carbocycles. The van der Waals surface area contributed by atoms with Crippen molar-refractivity contribution in [1.82, 2.24) is 36.0 Å². The molecule has 3 aliphatic rings. The van der Waals surface area contributed by atoms with E-state index in [1.165, 1.54) is 18.2 Å². The van der Waals surface area contributed by atoms with Gasteiger partial charge in [-0.3, -0.25) is 49.0 Å². The lowest BCUT2D eigenvalue weighted by molar-refractivity contribution is -0.145. The van der Waals surface area contributed by atoms with Crippen LogP contribution in [0.1, 0.15) is 125 Å². The number of likely N-dealkylation sites (tertiary alicyclic amines) is 3. The van der Waals surface area contributed by atoms with Gasteiger partial charge in [-0.15, -0.1) is 0 Å². The summed E-state index contributed by atoms with van der Waals surface area (Å²) in [4.78, 5) is 137. The molecule has 6 aromatic rings.